The van der Waals surface area contributed by atoms with E-state index in [1.807, 2.05) is 42.7 Å². The van der Waals surface area contributed by atoms with Gasteiger partial charge in [-0.05, 0) is 32.0 Å². The largest absolute Gasteiger partial charge is 0.497 e. The fourth-order valence-corrected chi connectivity index (χ4v) is 3.50. The summed E-state index contributed by atoms with van der Waals surface area (Å²) in [6.07, 6.45) is 1.71. The minimum atomic E-state index is -0.222. The van der Waals surface area contributed by atoms with Crippen molar-refractivity contribution in [2.75, 3.05) is 14.2 Å². The second-order valence-corrected chi connectivity index (χ2v) is 6.40. The van der Waals surface area contributed by atoms with Crippen LogP contribution in [0.15, 0.2) is 53.5 Å². The standard InChI is InChI=1S/C21H20N4O3/c1-13-17-12-22-25(18-9-6-10-19(23-18)28-4)21(26)20(17)14(2)24(13)15-7-5-8-16(11-15)27-3/h5-12H,1-4H3. The van der Waals surface area contributed by atoms with Crippen LogP contribution in [0.4, 0.5) is 0 Å². The van der Waals surface area contributed by atoms with Crippen molar-refractivity contribution in [3.05, 3.63) is 70.4 Å². The molecule has 0 amide bonds. The second kappa shape index (κ2) is 6.84. The zero-order chi connectivity index (χ0) is 19.8. The number of methoxy groups -OCH3 is 2. The summed E-state index contributed by atoms with van der Waals surface area (Å²) in [6, 6.07) is 13.0. The van der Waals surface area contributed by atoms with Gasteiger partial charge in [0, 0.05) is 34.6 Å². The maximum absolute atomic E-state index is 13.3. The lowest BCUT2D eigenvalue weighted by atomic mass is 10.2. The summed E-state index contributed by atoms with van der Waals surface area (Å²) in [7, 11) is 3.17. The zero-order valence-corrected chi connectivity index (χ0v) is 16.1. The quantitative estimate of drug-likeness (QED) is 0.547. The Labute approximate surface area is 161 Å². The van der Waals surface area contributed by atoms with Crippen LogP contribution in [0.3, 0.4) is 0 Å². The number of hydrogen-bond acceptors (Lipinski definition) is 5. The predicted octanol–water partition coefficient (Wildman–Crippen LogP) is 3.21. The van der Waals surface area contributed by atoms with E-state index in [2.05, 4.69) is 10.1 Å². The number of aryl methyl sites for hydroxylation is 2. The molecule has 28 heavy (non-hydrogen) atoms. The molecule has 0 bridgehead atoms. The Morgan fingerprint density at radius 1 is 0.964 bits per heavy atom. The molecule has 0 saturated heterocycles. The van der Waals surface area contributed by atoms with E-state index in [-0.39, 0.29) is 5.56 Å². The lowest BCUT2D eigenvalue weighted by molar-refractivity contribution is 0.397. The molecule has 0 atom stereocenters. The molecule has 0 radical (unpaired) electrons. The van der Waals surface area contributed by atoms with Crippen LogP contribution in [-0.4, -0.2) is 33.6 Å². The Kier molecular flexibility index (Phi) is 4.35. The van der Waals surface area contributed by atoms with Gasteiger partial charge in [-0.3, -0.25) is 4.79 Å². The van der Waals surface area contributed by atoms with E-state index in [1.54, 1.807) is 31.5 Å². The normalized spacial score (nSPS) is 11.0. The summed E-state index contributed by atoms with van der Waals surface area (Å²) >= 11 is 0. The number of nitrogens with zero attached hydrogens (tertiary/aromatic N) is 4. The molecule has 142 valence electrons. The van der Waals surface area contributed by atoms with Gasteiger partial charge in [0.2, 0.25) is 5.88 Å². The molecule has 0 aliphatic carbocycles. The molecule has 0 aliphatic rings. The molecule has 7 heteroatoms. The van der Waals surface area contributed by atoms with Crippen molar-refractivity contribution in [3.8, 4) is 23.1 Å². The first kappa shape index (κ1) is 17.8. The van der Waals surface area contributed by atoms with Crippen molar-refractivity contribution in [2.24, 2.45) is 0 Å². The Morgan fingerprint density at radius 3 is 2.50 bits per heavy atom. The van der Waals surface area contributed by atoms with E-state index in [0.29, 0.717) is 17.1 Å². The third kappa shape index (κ3) is 2.72. The van der Waals surface area contributed by atoms with Crippen LogP contribution < -0.4 is 15.0 Å². The number of hydrogen-bond donors (Lipinski definition) is 0. The van der Waals surface area contributed by atoms with Crippen LogP contribution in [0.25, 0.3) is 22.3 Å². The van der Waals surface area contributed by atoms with Gasteiger partial charge in [-0.15, -0.1) is 0 Å². The number of fused-ring (bicyclic) bond motifs is 1. The first-order valence-electron chi connectivity index (χ1n) is 8.81. The van der Waals surface area contributed by atoms with Crippen LogP contribution in [0.5, 0.6) is 11.6 Å². The monoisotopic (exact) mass is 376 g/mol. The Morgan fingerprint density at radius 2 is 1.75 bits per heavy atom. The van der Waals surface area contributed by atoms with Gasteiger partial charge >= 0.3 is 0 Å². The predicted molar refractivity (Wildman–Crippen MR) is 107 cm³/mol. The SMILES string of the molecule is COc1cccc(-n2c(C)c3cnn(-c4cccc(OC)n4)c(=O)c3c2C)c1. The highest BCUT2D eigenvalue weighted by molar-refractivity contribution is 5.88. The molecule has 0 spiro atoms. The topological polar surface area (TPSA) is 71.2 Å². The van der Waals surface area contributed by atoms with E-state index in [4.69, 9.17) is 9.47 Å². The van der Waals surface area contributed by atoms with Gasteiger partial charge in [-0.25, -0.2) is 0 Å². The summed E-state index contributed by atoms with van der Waals surface area (Å²) in [4.78, 5) is 17.6. The Bertz CT molecular complexity index is 1240. The van der Waals surface area contributed by atoms with Crippen molar-refractivity contribution in [3.63, 3.8) is 0 Å². The molecule has 4 rings (SSSR count). The molecular weight excluding hydrogens is 356 g/mol. The minimum Gasteiger partial charge on any atom is -0.497 e. The third-order valence-corrected chi connectivity index (χ3v) is 4.85. The average molecular weight is 376 g/mol. The molecule has 0 fully saturated rings. The highest BCUT2D eigenvalue weighted by Crippen LogP contribution is 2.27. The van der Waals surface area contributed by atoms with Crippen LogP contribution >= 0.6 is 0 Å². The Balaban J connectivity index is 1.97. The highest BCUT2D eigenvalue weighted by Gasteiger charge is 2.18. The van der Waals surface area contributed by atoms with Gasteiger partial charge in [0.25, 0.3) is 5.56 Å². The lowest BCUT2D eigenvalue weighted by Crippen LogP contribution is -2.22. The molecule has 0 saturated carbocycles. The highest BCUT2D eigenvalue weighted by atomic mass is 16.5. The molecule has 7 nitrogen and oxygen atoms in total. The van der Waals surface area contributed by atoms with Crippen molar-refractivity contribution >= 4 is 10.8 Å². The molecule has 0 aliphatic heterocycles. The van der Waals surface area contributed by atoms with Gasteiger partial charge in [0.05, 0.1) is 25.8 Å². The van der Waals surface area contributed by atoms with Crippen molar-refractivity contribution in [2.45, 2.75) is 13.8 Å². The Hall–Kier alpha value is -3.61. The van der Waals surface area contributed by atoms with E-state index in [1.165, 1.54) is 11.8 Å². The molecule has 4 aromatic rings. The molecule has 3 aromatic heterocycles. The van der Waals surface area contributed by atoms with E-state index < -0.39 is 0 Å². The van der Waals surface area contributed by atoms with Gasteiger partial charge in [-0.1, -0.05) is 12.1 Å². The van der Waals surface area contributed by atoms with Gasteiger partial charge < -0.3 is 14.0 Å². The van der Waals surface area contributed by atoms with Crippen LogP contribution in [0.1, 0.15) is 11.4 Å². The number of benzene rings is 1. The first-order chi connectivity index (χ1) is 13.5. The lowest BCUT2D eigenvalue weighted by Gasteiger charge is -2.10. The number of ether oxygens (including phenoxy) is 2. The van der Waals surface area contributed by atoms with E-state index >= 15 is 0 Å². The van der Waals surface area contributed by atoms with Crippen LogP contribution in [0.2, 0.25) is 0 Å². The van der Waals surface area contributed by atoms with Crippen LogP contribution in [-0.2, 0) is 0 Å². The fraction of sp³-hybridized carbons (Fsp3) is 0.190. The molecule has 1 aromatic carbocycles. The molecule has 3 heterocycles. The third-order valence-electron chi connectivity index (χ3n) is 4.85. The summed E-state index contributed by atoms with van der Waals surface area (Å²) in [5.74, 6) is 1.59. The van der Waals surface area contributed by atoms with Gasteiger partial charge in [-0.2, -0.15) is 14.8 Å². The maximum atomic E-state index is 13.3. The summed E-state index contributed by atoms with van der Waals surface area (Å²) in [6.45, 7) is 3.91. The zero-order valence-electron chi connectivity index (χ0n) is 16.1. The van der Waals surface area contributed by atoms with Crippen molar-refractivity contribution < 1.29 is 9.47 Å². The second-order valence-electron chi connectivity index (χ2n) is 6.40. The minimum absolute atomic E-state index is 0.222. The number of rotatable bonds is 4. The fourth-order valence-electron chi connectivity index (χ4n) is 3.50. The van der Waals surface area contributed by atoms with E-state index in [0.717, 1.165) is 28.2 Å². The van der Waals surface area contributed by atoms with Gasteiger partial charge in [0.15, 0.2) is 5.82 Å². The smallest absolute Gasteiger partial charge is 0.282 e. The van der Waals surface area contributed by atoms with Gasteiger partial charge in [0.1, 0.15) is 5.75 Å². The maximum Gasteiger partial charge on any atom is 0.282 e. The summed E-state index contributed by atoms with van der Waals surface area (Å²) in [5.41, 5.74) is 2.48. The van der Waals surface area contributed by atoms with Crippen LogP contribution in [0, 0.1) is 13.8 Å². The van der Waals surface area contributed by atoms with E-state index in [9.17, 15) is 4.79 Å². The first-order valence-corrected chi connectivity index (χ1v) is 8.81. The van der Waals surface area contributed by atoms with Crippen molar-refractivity contribution in [1.82, 2.24) is 19.3 Å². The molecule has 0 unspecified atom stereocenters. The average Bonchev–Trinajstić information content (AvgIpc) is 2.99. The molecular formula is C21H20N4O3. The van der Waals surface area contributed by atoms with Crippen molar-refractivity contribution in [1.29, 1.82) is 0 Å². The summed E-state index contributed by atoms with van der Waals surface area (Å²) in [5, 5.41) is 5.76. The number of aromatic nitrogens is 4. The molecule has 0 N–H and O–H groups in total. The summed E-state index contributed by atoms with van der Waals surface area (Å²) < 4.78 is 13.8. The number of pyridine rings is 1.